The van der Waals surface area contributed by atoms with E-state index in [4.69, 9.17) is 0 Å². The lowest BCUT2D eigenvalue weighted by Gasteiger charge is -2.19. The summed E-state index contributed by atoms with van der Waals surface area (Å²) in [7, 11) is -3.68. The van der Waals surface area contributed by atoms with Gasteiger partial charge < -0.3 is 10.6 Å². The third kappa shape index (κ3) is 3.84. The molecule has 154 valence electrons. The van der Waals surface area contributed by atoms with E-state index in [2.05, 4.69) is 10.6 Å². The summed E-state index contributed by atoms with van der Waals surface area (Å²) in [6, 6.07) is 15.0. The minimum atomic E-state index is -3.68. The Morgan fingerprint density at radius 1 is 0.933 bits per heavy atom. The predicted molar refractivity (Wildman–Crippen MR) is 110 cm³/mol. The van der Waals surface area contributed by atoms with Crippen molar-refractivity contribution in [2.75, 3.05) is 21.5 Å². The molecule has 30 heavy (non-hydrogen) atoms. The Hall–Kier alpha value is -3.46. The first-order valence-corrected chi connectivity index (χ1v) is 10.5. The summed E-state index contributed by atoms with van der Waals surface area (Å²) in [5, 5.41) is 4.80. The molecule has 1 heterocycles. The van der Waals surface area contributed by atoms with Gasteiger partial charge in [-0.3, -0.25) is 4.31 Å². The smallest absolute Gasteiger partial charge is 0.308 e. The first-order valence-electron chi connectivity index (χ1n) is 9.08. The first kappa shape index (κ1) is 19.8. The summed E-state index contributed by atoms with van der Waals surface area (Å²) >= 11 is 0. The fourth-order valence-corrected chi connectivity index (χ4v) is 4.82. The first-order chi connectivity index (χ1) is 14.3. The van der Waals surface area contributed by atoms with E-state index in [9.17, 15) is 22.0 Å². The van der Waals surface area contributed by atoms with E-state index >= 15 is 0 Å². The van der Waals surface area contributed by atoms with Gasteiger partial charge in [0.15, 0.2) is 0 Å². The lowest BCUT2D eigenvalue weighted by molar-refractivity contribution is 0.262. The zero-order chi connectivity index (χ0) is 21.3. The molecule has 0 saturated heterocycles. The molecule has 0 aliphatic carbocycles. The quantitative estimate of drug-likeness (QED) is 0.647. The molecule has 0 aromatic heterocycles. The van der Waals surface area contributed by atoms with Crippen LogP contribution in [0.15, 0.2) is 71.6 Å². The molecule has 0 spiro atoms. The van der Waals surface area contributed by atoms with Crippen LogP contribution in [-0.4, -0.2) is 21.0 Å². The van der Waals surface area contributed by atoms with Crippen LogP contribution in [-0.2, 0) is 16.4 Å². The highest BCUT2D eigenvalue weighted by atomic mass is 32.2. The SMILES string of the molecule is O=C(Nc1ccc2c(c1)CCN2S(=O)(=O)c1ccccc1)Nc1cc(F)ccc1F. The molecule has 0 atom stereocenters. The molecule has 3 aromatic carbocycles. The third-order valence-electron chi connectivity index (χ3n) is 4.70. The van der Waals surface area contributed by atoms with Gasteiger partial charge in [0.2, 0.25) is 0 Å². The van der Waals surface area contributed by atoms with E-state index in [1.165, 1.54) is 4.31 Å². The molecule has 0 unspecified atom stereocenters. The molecular formula is C21H17F2N3O3S. The van der Waals surface area contributed by atoms with E-state index in [-0.39, 0.29) is 17.1 Å². The third-order valence-corrected chi connectivity index (χ3v) is 6.53. The number of nitrogens with zero attached hydrogens (tertiary/aromatic N) is 1. The minimum Gasteiger partial charge on any atom is -0.308 e. The number of fused-ring (bicyclic) bond motifs is 1. The average Bonchev–Trinajstić information content (AvgIpc) is 3.15. The van der Waals surface area contributed by atoms with E-state index in [0.717, 1.165) is 23.8 Å². The van der Waals surface area contributed by atoms with Crippen LogP contribution >= 0.6 is 0 Å². The number of hydrogen-bond acceptors (Lipinski definition) is 3. The van der Waals surface area contributed by atoms with Crippen LogP contribution in [0, 0.1) is 11.6 Å². The van der Waals surface area contributed by atoms with Crippen molar-refractivity contribution in [3.8, 4) is 0 Å². The lowest BCUT2D eigenvalue weighted by atomic mass is 10.1. The summed E-state index contributed by atoms with van der Waals surface area (Å²) in [4.78, 5) is 12.3. The van der Waals surface area contributed by atoms with Gasteiger partial charge in [-0.1, -0.05) is 18.2 Å². The maximum absolute atomic E-state index is 13.7. The number of nitrogens with one attached hydrogen (secondary N) is 2. The number of rotatable bonds is 4. The summed E-state index contributed by atoms with van der Waals surface area (Å²) < 4.78 is 54.1. The topological polar surface area (TPSA) is 78.5 Å². The predicted octanol–water partition coefficient (Wildman–Crippen LogP) is 4.36. The number of carbonyl (C=O) groups excluding carboxylic acids is 1. The van der Waals surface area contributed by atoms with E-state index in [1.54, 1.807) is 48.5 Å². The van der Waals surface area contributed by atoms with Gasteiger partial charge in [0, 0.05) is 18.3 Å². The van der Waals surface area contributed by atoms with Gasteiger partial charge in [-0.05, 0) is 54.4 Å². The maximum atomic E-state index is 13.7. The molecule has 6 nitrogen and oxygen atoms in total. The van der Waals surface area contributed by atoms with Crippen molar-refractivity contribution >= 4 is 33.1 Å². The maximum Gasteiger partial charge on any atom is 0.323 e. The fraction of sp³-hybridized carbons (Fsp3) is 0.0952. The molecule has 3 aromatic rings. The standard InChI is InChI=1S/C21H17F2N3O3S/c22-15-6-8-18(23)19(13-15)25-21(27)24-16-7-9-20-14(12-16)10-11-26(20)30(28,29)17-4-2-1-3-5-17/h1-9,12-13H,10-11H2,(H2,24,25,27). The summed E-state index contributed by atoms with van der Waals surface area (Å²) in [6.45, 7) is 0.288. The number of urea groups is 1. The molecule has 1 aliphatic rings. The Morgan fingerprint density at radius 3 is 2.47 bits per heavy atom. The van der Waals surface area contributed by atoms with Crippen LogP contribution in [0.5, 0.6) is 0 Å². The van der Waals surface area contributed by atoms with Crippen molar-refractivity contribution in [2.45, 2.75) is 11.3 Å². The average molecular weight is 429 g/mol. The van der Waals surface area contributed by atoms with Crippen molar-refractivity contribution in [1.29, 1.82) is 0 Å². The summed E-state index contributed by atoms with van der Waals surface area (Å²) in [5.41, 5.74) is 1.42. The highest BCUT2D eigenvalue weighted by Crippen LogP contribution is 2.34. The molecule has 2 amide bonds. The van der Waals surface area contributed by atoms with E-state index in [1.807, 2.05) is 0 Å². The number of amides is 2. The van der Waals surface area contributed by atoms with Crippen LogP contribution < -0.4 is 14.9 Å². The van der Waals surface area contributed by atoms with Crippen LogP contribution in [0.4, 0.5) is 30.6 Å². The molecule has 0 radical (unpaired) electrons. The monoisotopic (exact) mass is 429 g/mol. The largest absolute Gasteiger partial charge is 0.323 e. The van der Waals surface area contributed by atoms with Crippen molar-refractivity contribution in [2.24, 2.45) is 0 Å². The Kier molecular flexibility index (Phi) is 5.13. The zero-order valence-corrected chi connectivity index (χ0v) is 16.4. The summed E-state index contributed by atoms with van der Waals surface area (Å²) in [6.07, 6.45) is 0.483. The second kappa shape index (κ2) is 7.75. The van der Waals surface area contributed by atoms with Crippen LogP contribution in [0.25, 0.3) is 0 Å². The number of hydrogen-bond donors (Lipinski definition) is 2. The molecule has 0 saturated carbocycles. The number of anilines is 3. The number of benzene rings is 3. The molecule has 2 N–H and O–H groups in total. The Balaban J connectivity index is 1.51. The highest BCUT2D eigenvalue weighted by Gasteiger charge is 2.30. The van der Waals surface area contributed by atoms with Gasteiger partial charge in [-0.2, -0.15) is 0 Å². The van der Waals surface area contributed by atoms with Gasteiger partial charge in [-0.25, -0.2) is 22.0 Å². The second-order valence-electron chi connectivity index (χ2n) is 6.69. The van der Waals surface area contributed by atoms with Crippen LogP contribution in [0.1, 0.15) is 5.56 Å². The van der Waals surface area contributed by atoms with Crippen LogP contribution in [0.3, 0.4) is 0 Å². The fourth-order valence-electron chi connectivity index (χ4n) is 3.30. The summed E-state index contributed by atoms with van der Waals surface area (Å²) in [5.74, 6) is -1.44. The molecular weight excluding hydrogens is 412 g/mol. The number of halogens is 2. The Bertz CT molecular complexity index is 1220. The number of sulfonamides is 1. The zero-order valence-electron chi connectivity index (χ0n) is 15.6. The Morgan fingerprint density at radius 2 is 1.70 bits per heavy atom. The highest BCUT2D eigenvalue weighted by molar-refractivity contribution is 7.92. The van der Waals surface area contributed by atoms with Crippen LogP contribution in [0.2, 0.25) is 0 Å². The van der Waals surface area contributed by atoms with Crippen molar-refractivity contribution < 1.29 is 22.0 Å². The molecule has 0 fully saturated rings. The molecule has 9 heteroatoms. The van der Waals surface area contributed by atoms with Crippen molar-refractivity contribution in [3.63, 3.8) is 0 Å². The van der Waals surface area contributed by atoms with Gasteiger partial charge in [0.25, 0.3) is 10.0 Å². The van der Waals surface area contributed by atoms with Gasteiger partial charge in [0.05, 0.1) is 16.3 Å². The molecule has 0 bridgehead atoms. The molecule has 1 aliphatic heterocycles. The molecule has 4 rings (SSSR count). The van der Waals surface area contributed by atoms with Gasteiger partial charge >= 0.3 is 6.03 Å². The van der Waals surface area contributed by atoms with Gasteiger partial charge in [0.1, 0.15) is 11.6 Å². The second-order valence-corrected chi connectivity index (χ2v) is 8.55. The number of carbonyl (C=O) groups is 1. The normalized spacial score (nSPS) is 13.1. The lowest BCUT2D eigenvalue weighted by Crippen LogP contribution is -2.29. The Labute approximate surface area is 172 Å². The van der Waals surface area contributed by atoms with E-state index < -0.39 is 27.7 Å². The minimum absolute atomic E-state index is 0.205. The van der Waals surface area contributed by atoms with Crippen molar-refractivity contribution in [1.82, 2.24) is 0 Å². The van der Waals surface area contributed by atoms with E-state index in [0.29, 0.717) is 17.8 Å². The van der Waals surface area contributed by atoms with Crippen molar-refractivity contribution in [3.05, 3.63) is 83.9 Å². The van der Waals surface area contributed by atoms with Gasteiger partial charge in [-0.15, -0.1) is 0 Å².